The molecule has 1 heterocycles. The van der Waals surface area contributed by atoms with Gasteiger partial charge in [-0.15, -0.1) is 0 Å². The number of aryl methyl sites for hydroxylation is 1. The number of hydrogen-bond donors (Lipinski definition) is 0. The Labute approximate surface area is 120 Å². The second kappa shape index (κ2) is 6.62. The van der Waals surface area contributed by atoms with E-state index in [1.54, 1.807) is 19.3 Å². The summed E-state index contributed by atoms with van der Waals surface area (Å²) in [7, 11) is 1.77. The van der Waals surface area contributed by atoms with Crippen LogP contribution in [0.4, 0.5) is 0 Å². The highest BCUT2D eigenvalue weighted by molar-refractivity contribution is 6.10. The van der Waals surface area contributed by atoms with Crippen molar-refractivity contribution in [2.45, 2.75) is 6.92 Å². The molecular formula is C18H18N2. The summed E-state index contributed by atoms with van der Waals surface area (Å²) in [6.45, 7) is 5.86. The minimum atomic E-state index is 1.05. The number of allylic oxidation sites excluding steroid dienone is 3. The second-order valence-corrected chi connectivity index (χ2v) is 4.57. The van der Waals surface area contributed by atoms with Crippen molar-refractivity contribution in [3.8, 4) is 11.1 Å². The van der Waals surface area contributed by atoms with Crippen molar-refractivity contribution in [1.29, 1.82) is 0 Å². The van der Waals surface area contributed by atoms with E-state index in [9.17, 15) is 0 Å². The molecule has 0 bridgehead atoms. The molecule has 100 valence electrons. The fourth-order valence-corrected chi connectivity index (χ4v) is 2.13. The Kier molecular flexibility index (Phi) is 4.61. The smallest absolute Gasteiger partial charge is 0.0346 e. The maximum atomic E-state index is 4.18. The van der Waals surface area contributed by atoms with Crippen LogP contribution in [-0.2, 0) is 0 Å². The Morgan fingerprint density at radius 1 is 1.25 bits per heavy atom. The summed E-state index contributed by atoms with van der Waals surface area (Å²) in [5.41, 5.74) is 5.67. The summed E-state index contributed by atoms with van der Waals surface area (Å²) in [5, 5.41) is 0. The van der Waals surface area contributed by atoms with Gasteiger partial charge in [0.1, 0.15) is 0 Å². The third kappa shape index (κ3) is 3.29. The van der Waals surface area contributed by atoms with Gasteiger partial charge in [-0.05, 0) is 41.3 Å². The lowest BCUT2D eigenvalue weighted by molar-refractivity contribution is 1.32. The molecule has 0 radical (unpaired) electrons. The van der Waals surface area contributed by atoms with Crippen molar-refractivity contribution in [2.75, 3.05) is 7.05 Å². The Balaban J connectivity index is 2.54. The molecule has 20 heavy (non-hydrogen) atoms. The van der Waals surface area contributed by atoms with Gasteiger partial charge < -0.3 is 0 Å². The zero-order chi connectivity index (χ0) is 14.4. The van der Waals surface area contributed by atoms with E-state index in [2.05, 4.69) is 47.7 Å². The van der Waals surface area contributed by atoms with E-state index in [1.807, 2.05) is 24.6 Å². The Hall–Kier alpha value is -2.48. The van der Waals surface area contributed by atoms with Gasteiger partial charge in [0, 0.05) is 31.2 Å². The molecule has 0 unspecified atom stereocenters. The molecule has 0 amide bonds. The van der Waals surface area contributed by atoms with E-state index in [-0.39, 0.29) is 0 Å². The first kappa shape index (κ1) is 13.9. The van der Waals surface area contributed by atoms with E-state index in [0.717, 1.165) is 22.3 Å². The van der Waals surface area contributed by atoms with E-state index in [4.69, 9.17) is 0 Å². The minimum absolute atomic E-state index is 1.05. The first-order valence-electron chi connectivity index (χ1n) is 6.52. The molecule has 0 fully saturated rings. The van der Waals surface area contributed by atoms with Crippen molar-refractivity contribution in [3.05, 3.63) is 72.6 Å². The van der Waals surface area contributed by atoms with Crippen molar-refractivity contribution < 1.29 is 0 Å². The van der Waals surface area contributed by atoms with Crippen molar-refractivity contribution >= 4 is 11.8 Å². The van der Waals surface area contributed by atoms with Crippen LogP contribution in [0, 0.1) is 6.92 Å². The van der Waals surface area contributed by atoms with Crippen LogP contribution in [0.2, 0.25) is 0 Å². The molecule has 0 aliphatic heterocycles. The van der Waals surface area contributed by atoms with Crippen molar-refractivity contribution in [2.24, 2.45) is 4.99 Å². The van der Waals surface area contributed by atoms with E-state index in [0.29, 0.717) is 0 Å². The molecule has 2 heteroatoms. The summed E-state index contributed by atoms with van der Waals surface area (Å²) in [6, 6.07) is 10.5. The lowest BCUT2D eigenvalue weighted by Crippen LogP contribution is -1.90. The molecule has 1 aromatic heterocycles. The molecule has 2 aromatic rings. The summed E-state index contributed by atoms with van der Waals surface area (Å²) < 4.78 is 0. The van der Waals surface area contributed by atoms with E-state index >= 15 is 0 Å². The average molecular weight is 262 g/mol. The van der Waals surface area contributed by atoms with E-state index < -0.39 is 0 Å². The average Bonchev–Trinajstić information content (AvgIpc) is 2.47. The third-order valence-corrected chi connectivity index (χ3v) is 2.97. The minimum Gasteiger partial charge on any atom is -0.296 e. The topological polar surface area (TPSA) is 25.2 Å². The lowest BCUT2D eigenvalue weighted by atomic mass is 9.97. The SMILES string of the molecule is C=C/C=C(\C=NC)c1cc(C)cc(-c2cccnc2)c1. The van der Waals surface area contributed by atoms with Gasteiger partial charge in [-0.25, -0.2) is 0 Å². The Morgan fingerprint density at radius 2 is 2.10 bits per heavy atom. The predicted molar refractivity (Wildman–Crippen MR) is 87.0 cm³/mol. The number of aromatic nitrogens is 1. The second-order valence-electron chi connectivity index (χ2n) is 4.57. The third-order valence-electron chi connectivity index (χ3n) is 2.97. The van der Waals surface area contributed by atoms with Crippen molar-refractivity contribution in [3.63, 3.8) is 0 Å². The molecule has 0 aliphatic carbocycles. The molecule has 0 aliphatic rings. The van der Waals surface area contributed by atoms with Crippen LogP contribution in [0.15, 0.2) is 66.4 Å². The van der Waals surface area contributed by atoms with Crippen LogP contribution in [0.3, 0.4) is 0 Å². The Morgan fingerprint density at radius 3 is 2.75 bits per heavy atom. The standard InChI is InChI=1S/C18H18N2/c1-4-6-15(12-19-3)17-9-14(2)10-18(11-17)16-7-5-8-20-13-16/h4-13H,1H2,2-3H3/b15-6+,19-12?. The zero-order valence-electron chi connectivity index (χ0n) is 11.9. The van der Waals surface area contributed by atoms with Gasteiger partial charge in [0.15, 0.2) is 0 Å². The van der Waals surface area contributed by atoms with Gasteiger partial charge in [-0.2, -0.15) is 0 Å². The molecule has 0 spiro atoms. The van der Waals surface area contributed by atoms with Crippen LogP contribution in [0.1, 0.15) is 11.1 Å². The van der Waals surface area contributed by atoms with Crippen LogP contribution >= 0.6 is 0 Å². The summed E-state index contributed by atoms with van der Waals surface area (Å²) in [6.07, 6.45) is 9.26. The molecule has 0 saturated carbocycles. The quantitative estimate of drug-likeness (QED) is 0.595. The monoisotopic (exact) mass is 262 g/mol. The van der Waals surface area contributed by atoms with Gasteiger partial charge in [0.2, 0.25) is 0 Å². The fourth-order valence-electron chi connectivity index (χ4n) is 2.13. The van der Waals surface area contributed by atoms with Gasteiger partial charge in [0.25, 0.3) is 0 Å². The predicted octanol–water partition coefficient (Wildman–Crippen LogP) is 4.33. The normalized spacial score (nSPS) is 11.8. The Bertz CT molecular complexity index is 652. The lowest BCUT2D eigenvalue weighted by Gasteiger charge is -2.08. The van der Waals surface area contributed by atoms with Crippen LogP contribution in [-0.4, -0.2) is 18.2 Å². The summed E-state index contributed by atoms with van der Waals surface area (Å²) >= 11 is 0. The molecule has 0 atom stereocenters. The molecule has 2 nitrogen and oxygen atoms in total. The van der Waals surface area contributed by atoms with Crippen LogP contribution < -0.4 is 0 Å². The van der Waals surface area contributed by atoms with E-state index in [1.165, 1.54) is 5.56 Å². The molecule has 1 aromatic carbocycles. The van der Waals surface area contributed by atoms with Crippen molar-refractivity contribution in [1.82, 2.24) is 4.98 Å². The van der Waals surface area contributed by atoms with Crippen LogP contribution in [0.5, 0.6) is 0 Å². The summed E-state index contributed by atoms with van der Waals surface area (Å²) in [4.78, 5) is 8.29. The highest BCUT2D eigenvalue weighted by atomic mass is 14.6. The van der Waals surface area contributed by atoms with Gasteiger partial charge >= 0.3 is 0 Å². The first-order valence-corrected chi connectivity index (χ1v) is 6.52. The van der Waals surface area contributed by atoms with Gasteiger partial charge in [-0.3, -0.25) is 9.98 Å². The largest absolute Gasteiger partial charge is 0.296 e. The highest BCUT2D eigenvalue weighted by Crippen LogP contribution is 2.24. The number of benzene rings is 1. The first-order chi connectivity index (χ1) is 9.74. The highest BCUT2D eigenvalue weighted by Gasteiger charge is 2.04. The number of hydrogen-bond acceptors (Lipinski definition) is 2. The van der Waals surface area contributed by atoms with Crippen LogP contribution in [0.25, 0.3) is 16.7 Å². The molecule has 0 saturated heterocycles. The maximum Gasteiger partial charge on any atom is 0.0346 e. The number of rotatable bonds is 4. The maximum absolute atomic E-state index is 4.18. The number of pyridine rings is 1. The fraction of sp³-hybridized carbons (Fsp3) is 0.111. The number of aliphatic imine (C=N–C) groups is 1. The molecule has 2 rings (SSSR count). The number of nitrogens with zero attached hydrogens (tertiary/aromatic N) is 2. The molecule has 0 N–H and O–H groups in total. The van der Waals surface area contributed by atoms with Gasteiger partial charge in [0.05, 0.1) is 0 Å². The molecular weight excluding hydrogens is 244 g/mol. The zero-order valence-corrected chi connectivity index (χ0v) is 11.9. The summed E-state index contributed by atoms with van der Waals surface area (Å²) in [5.74, 6) is 0. The van der Waals surface area contributed by atoms with Gasteiger partial charge in [-0.1, -0.05) is 36.9 Å².